The summed E-state index contributed by atoms with van der Waals surface area (Å²) in [5, 5.41) is 1.75. The summed E-state index contributed by atoms with van der Waals surface area (Å²) in [5.74, 6) is 0. The molecule has 3 aromatic rings. The largest absolute Gasteiger partial charge is 0.347 e. The molecule has 7 heteroatoms. The summed E-state index contributed by atoms with van der Waals surface area (Å²) in [6, 6.07) is 11.7. The van der Waals surface area contributed by atoms with Crippen molar-refractivity contribution in [1.82, 2.24) is 9.55 Å². The molecule has 1 aliphatic heterocycles. The van der Waals surface area contributed by atoms with Crippen LogP contribution in [0.25, 0.3) is 0 Å². The van der Waals surface area contributed by atoms with Gasteiger partial charge in [-0.25, -0.2) is 4.98 Å². The van der Waals surface area contributed by atoms with Gasteiger partial charge in [0, 0.05) is 30.4 Å². The molecule has 148 valence electrons. The summed E-state index contributed by atoms with van der Waals surface area (Å²) in [4.78, 5) is 5.08. The van der Waals surface area contributed by atoms with E-state index in [2.05, 4.69) is 4.98 Å². The molecular weight excluding hydrogens is 415 g/mol. The fraction of sp³-hybridized carbons (Fsp3) is 0.381. The van der Waals surface area contributed by atoms with Crippen LogP contribution >= 0.6 is 34.5 Å². The number of rotatable bonds is 7. The van der Waals surface area contributed by atoms with Gasteiger partial charge in [0.25, 0.3) is 0 Å². The number of ether oxygens (including phenoxy) is 2. The van der Waals surface area contributed by atoms with Crippen molar-refractivity contribution in [3.63, 3.8) is 0 Å². The van der Waals surface area contributed by atoms with E-state index in [1.165, 1.54) is 0 Å². The molecule has 1 saturated heterocycles. The minimum atomic E-state index is -0.969. The summed E-state index contributed by atoms with van der Waals surface area (Å²) in [5.41, 5.74) is 1.07. The van der Waals surface area contributed by atoms with E-state index in [4.69, 9.17) is 32.7 Å². The molecule has 0 amide bonds. The zero-order valence-corrected chi connectivity index (χ0v) is 17.7. The topological polar surface area (TPSA) is 36.3 Å². The van der Waals surface area contributed by atoms with E-state index < -0.39 is 5.06 Å². The van der Waals surface area contributed by atoms with E-state index >= 15 is 0 Å². The van der Waals surface area contributed by atoms with Crippen molar-refractivity contribution in [3.8, 4) is 0 Å². The average molecular weight is 437 g/mol. The van der Waals surface area contributed by atoms with Crippen molar-refractivity contribution in [2.75, 3.05) is 0 Å². The minimum Gasteiger partial charge on any atom is -0.347 e. The number of benzene rings is 1. The molecule has 3 unspecified atom stereocenters. The summed E-state index contributed by atoms with van der Waals surface area (Å²) < 4.78 is 14.7. The first-order chi connectivity index (χ1) is 13.6. The van der Waals surface area contributed by atoms with Crippen molar-refractivity contribution in [2.24, 2.45) is 0 Å². The second kappa shape index (κ2) is 8.97. The van der Waals surface area contributed by atoms with E-state index in [9.17, 15) is 0 Å². The Kier molecular flexibility index (Phi) is 6.38. The van der Waals surface area contributed by atoms with Crippen LogP contribution in [0, 0.1) is 0 Å². The van der Waals surface area contributed by atoms with E-state index in [1.807, 2.05) is 58.9 Å². The lowest BCUT2D eigenvalue weighted by molar-refractivity contribution is -0.229. The van der Waals surface area contributed by atoms with Crippen molar-refractivity contribution >= 4 is 34.5 Å². The maximum absolute atomic E-state index is 7.06. The molecule has 1 aromatic carbocycles. The Morgan fingerprint density at radius 2 is 2.11 bits per heavy atom. The van der Waals surface area contributed by atoms with Gasteiger partial charge < -0.3 is 14.0 Å². The molecule has 3 atom stereocenters. The van der Waals surface area contributed by atoms with Gasteiger partial charge >= 0.3 is 0 Å². The SMILES string of the molecule is Clc1ccc(CC(Cl)(OC2CCCC(Cn3ccnc3)O2)c2cccs2)cc1. The van der Waals surface area contributed by atoms with Gasteiger partial charge in [0.2, 0.25) is 0 Å². The second-order valence-electron chi connectivity index (χ2n) is 7.00. The van der Waals surface area contributed by atoms with Gasteiger partial charge in [-0.1, -0.05) is 41.4 Å². The van der Waals surface area contributed by atoms with E-state index in [0.29, 0.717) is 11.4 Å². The van der Waals surface area contributed by atoms with Crippen molar-refractivity contribution < 1.29 is 9.47 Å². The van der Waals surface area contributed by atoms with Gasteiger partial charge in [0.1, 0.15) is 0 Å². The molecule has 0 N–H and O–H groups in total. The van der Waals surface area contributed by atoms with Gasteiger partial charge in [0.15, 0.2) is 11.4 Å². The van der Waals surface area contributed by atoms with Crippen LogP contribution in [-0.4, -0.2) is 21.9 Å². The number of hydrogen-bond donors (Lipinski definition) is 0. The van der Waals surface area contributed by atoms with Gasteiger partial charge in [0.05, 0.1) is 17.3 Å². The van der Waals surface area contributed by atoms with Gasteiger partial charge in [-0.15, -0.1) is 11.3 Å². The first-order valence-electron chi connectivity index (χ1n) is 9.37. The molecule has 1 aliphatic rings. The van der Waals surface area contributed by atoms with Crippen LogP contribution < -0.4 is 0 Å². The minimum absolute atomic E-state index is 0.0905. The Labute approximate surface area is 179 Å². The highest BCUT2D eigenvalue weighted by Crippen LogP contribution is 2.40. The van der Waals surface area contributed by atoms with Crippen LogP contribution in [0.2, 0.25) is 5.02 Å². The maximum atomic E-state index is 7.06. The van der Waals surface area contributed by atoms with Crippen molar-refractivity contribution in [2.45, 2.75) is 49.7 Å². The molecule has 4 nitrogen and oxygen atoms in total. The maximum Gasteiger partial charge on any atom is 0.183 e. The molecule has 28 heavy (non-hydrogen) atoms. The monoisotopic (exact) mass is 436 g/mol. The lowest BCUT2D eigenvalue weighted by atomic mass is 10.1. The number of halogens is 2. The summed E-state index contributed by atoms with van der Waals surface area (Å²) in [7, 11) is 0. The zero-order chi connectivity index (χ0) is 19.4. The van der Waals surface area contributed by atoms with Crippen LogP contribution in [0.5, 0.6) is 0 Å². The van der Waals surface area contributed by atoms with Crippen molar-refractivity contribution in [1.29, 1.82) is 0 Å². The molecule has 4 rings (SSSR count). The predicted octanol–water partition coefficient (Wildman–Crippen LogP) is 5.84. The lowest BCUT2D eigenvalue weighted by Gasteiger charge is -2.36. The third kappa shape index (κ3) is 4.97. The third-order valence-corrected chi connectivity index (χ3v) is 6.64. The molecule has 3 heterocycles. The van der Waals surface area contributed by atoms with Crippen LogP contribution in [-0.2, 0) is 27.5 Å². The summed E-state index contributed by atoms with van der Waals surface area (Å²) in [6.07, 6.45) is 8.72. The fourth-order valence-corrected chi connectivity index (χ4v) is 4.80. The van der Waals surface area contributed by atoms with Crippen molar-refractivity contribution in [3.05, 3.63) is 76.0 Å². The Hall–Kier alpha value is -1.37. The molecule has 0 bridgehead atoms. The van der Waals surface area contributed by atoms with Crippen LogP contribution in [0.4, 0.5) is 0 Å². The number of thiophene rings is 1. The second-order valence-corrected chi connectivity index (χ2v) is 9.00. The highest BCUT2D eigenvalue weighted by atomic mass is 35.5. The van der Waals surface area contributed by atoms with Crippen LogP contribution in [0.1, 0.15) is 29.7 Å². The standard InChI is InChI=1S/C21H22Cl2N2O2S/c22-17-8-6-16(7-9-17)13-21(23,19-4-2-12-28-19)27-20-5-1-3-18(26-20)14-25-11-10-24-15-25/h2,4,6-12,15,18,20H,1,3,5,13-14H2. The molecule has 0 saturated carbocycles. The Morgan fingerprint density at radius 3 is 2.82 bits per heavy atom. The third-order valence-electron chi connectivity index (χ3n) is 4.84. The molecule has 0 spiro atoms. The van der Waals surface area contributed by atoms with Gasteiger partial charge in [-0.2, -0.15) is 0 Å². The van der Waals surface area contributed by atoms with E-state index in [1.54, 1.807) is 17.5 Å². The van der Waals surface area contributed by atoms with E-state index in [0.717, 1.165) is 36.2 Å². The molecule has 2 aromatic heterocycles. The number of imidazole rings is 1. The molecule has 0 aliphatic carbocycles. The Morgan fingerprint density at radius 1 is 1.25 bits per heavy atom. The first-order valence-corrected chi connectivity index (χ1v) is 11.0. The Bertz CT molecular complexity index is 855. The zero-order valence-electron chi connectivity index (χ0n) is 15.3. The highest BCUT2D eigenvalue weighted by molar-refractivity contribution is 7.10. The number of hydrogen-bond acceptors (Lipinski definition) is 4. The molecule has 1 fully saturated rings. The lowest BCUT2D eigenvalue weighted by Crippen LogP contribution is -2.38. The molecular formula is C21H22Cl2N2O2S. The smallest absolute Gasteiger partial charge is 0.183 e. The first kappa shape index (κ1) is 19.9. The number of alkyl halides is 1. The average Bonchev–Trinajstić information content (AvgIpc) is 3.38. The number of nitrogens with zero attached hydrogens (tertiary/aromatic N) is 2. The van der Waals surface area contributed by atoms with Gasteiger partial charge in [-0.05, 0) is 48.4 Å². The van der Waals surface area contributed by atoms with E-state index in [-0.39, 0.29) is 12.4 Å². The van der Waals surface area contributed by atoms with Gasteiger partial charge in [-0.3, -0.25) is 0 Å². The molecule has 0 radical (unpaired) electrons. The predicted molar refractivity (Wildman–Crippen MR) is 113 cm³/mol. The van der Waals surface area contributed by atoms with Crippen LogP contribution in [0.15, 0.2) is 60.5 Å². The number of aromatic nitrogens is 2. The summed E-state index contributed by atoms with van der Waals surface area (Å²) in [6.45, 7) is 0.769. The fourth-order valence-electron chi connectivity index (χ4n) is 3.46. The summed E-state index contributed by atoms with van der Waals surface area (Å²) >= 11 is 14.7. The van der Waals surface area contributed by atoms with Crippen LogP contribution in [0.3, 0.4) is 0 Å². The Balaban J connectivity index is 1.48. The highest BCUT2D eigenvalue weighted by Gasteiger charge is 2.37. The quantitative estimate of drug-likeness (QED) is 0.436. The normalized spacial score (nSPS) is 22.1.